The molecule has 1 aliphatic carbocycles. The molecule has 0 atom stereocenters. The highest BCUT2D eigenvalue weighted by molar-refractivity contribution is 5.95. The van der Waals surface area contributed by atoms with E-state index in [4.69, 9.17) is 5.73 Å². The van der Waals surface area contributed by atoms with Crippen molar-refractivity contribution in [3.8, 4) is 11.3 Å². The summed E-state index contributed by atoms with van der Waals surface area (Å²) in [5.74, 6) is 0.380. The predicted molar refractivity (Wildman–Crippen MR) is 113 cm³/mol. The summed E-state index contributed by atoms with van der Waals surface area (Å²) in [6.45, 7) is 5.26. The lowest BCUT2D eigenvalue weighted by atomic mass is 9.89. The third-order valence-corrected chi connectivity index (χ3v) is 6.12. The fourth-order valence-electron chi connectivity index (χ4n) is 4.42. The highest BCUT2D eigenvalue weighted by Gasteiger charge is 2.21. The molecular weight excluding hydrogens is 332 g/mol. The Balaban J connectivity index is 1.86. The van der Waals surface area contributed by atoms with Gasteiger partial charge in [0.25, 0.3) is 5.91 Å². The highest BCUT2D eigenvalue weighted by atomic mass is 16.1. The summed E-state index contributed by atoms with van der Waals surface area (Å²) in [5.41, 5.74) is 11.0. The standard InChI is InChI=1S/C24H34N2O/c1-3-4-6-9-19-12-14-21(15-13-19)23-16-22(24(25)27)18(2)26(23)17-20-10-7-5-8-11-20/h12-16,20H,3-11,17H2,1-2H3,(H2,25,27). The number of nitrogens with two attached hydrogens (primary N) is 1. The van der Waals surface area contributed by atoms with Crippen LogP contribution in [0.25, 0.3) is 11.3 Å². The summed E-state index contributed by atoms with van der Waals surface area (Å²) >= 11 is 0. The summed E-state index contributed by atoms with van der Waals surface area (Å²) < 4.78 is 2.34. The minimum absolute atomic E-state index is 0.327. The van der Waals surface area contributed by atoms with E-state index in [1.165, 1.54) is 62.5 Å². The monoisotopic (exact) mass is 366 g/mol. The van der Waals surface area contributed by atoms with Crippen molar-refractivity contribution >= 4 is 5.91 Å². The Labute approximate surface area is 164 Å². The minimum Gasteiger partial charge on any atom is -0.366 e. The smallest absolute Gasteiger partial charge is 0.250 e. The number of benzene rings is 1. The second kappa shape index (κ2) is 9.25. The molecule has 1 aromatic heterocycles. The van der Waals surface area contributed by atoms with E-state index in [1.807, 2.05) is 13.0 Å². The molecule has 1 saturated carbocycles. The first kappa shape index (κ1) is 19.7. The van der Waals surface area contributed by atoms with Crippen LogP contribution in [0.4, 0.5) is 0 Å². The third-order valence-electron chi connectivity index (χ3n) is 6.12. The first-order valence-electron chi connectivity index (χ1n) is 10.7. The van der Waals surface area contributed by atoms with Crippen molar-refractivity contribution in [2.75, 3.05) is 0 Å². The van der Waals surface area contributed by atoms with E-state index in [0.717, 1.165) is 24.4 Å². The zero-order chi connectivity index (χ0) is 19.2. The van der Waals surface area contributed by atoms with Gasteiger partial charge in [-0.25, -0.2) is 0 Å². The third kappa shape index (κ3) is 4.82. The number of aromatic nitrogens is 1. The Morgan fingerprint density at radius 3 is 2.44 bits per heavy atom. The molecule has 1 heterocycles. The molecule has 146 valence electrons. The number of hydrogen-bond acceptors (Lipinski definition) is 1. The van der Waals surface area contributed by atoms with Crippen LogP contribution in [-0.2, 0) is 13.0 Å². The molecule has 3 rings (SSSR count). The largest absolute Gasteiger partial charge is 0.366 e. The van der Waals surface area contributed by atoms with Crippen molar-refractivity contribution in [1.29, 1.82) is 0 Å². The molecule has 0 saturated heterocycles. The van der Waals surface area contributed by atoms with Gasteiger partial charge in [0.1, 0.15) is 0 Å². The Hall–Kier alpha value is -2.03. The molecule has 1 aromatic carbocycles. The molecule has 1 aliphatic rings. The molecule has 27 heavy (non-hydrogen) atoms. The summed E-state index contributed by atoms with van der Waals surface area (Å²) in [7, 11) is 0. The molecule has 0 aliphatic heterocycles. The summed E-state index contributed by atoms with van der Waals surface area (Å²) in [5, 5.41) is 0. The topological polar surface area (TPSA) is 48.0 Å². The van der Waals surface area contributed by atoms with Gasteiger partial charge < -0.3 is 10.3 Å². The van der Waals surface area contributed by atoms with Crippen molar-refractivity contribution in [1.82, 2.24) is 4.57 Å². The summed E-state index contributed by atoms with van der Waals surface area (Å²) in [6.07, 6.45) is 11.5. The average Bonchev–Trinajstić information content (AvgIpc) is 3.00. The number of rotatable bonds is 8. The van der Waals surface area contributed by atoms with Gasteiger partial charge in [0.05, 0.1) is 5.56 Å². The van der Waals surface area contributed by atoms with Crippen LogP contribution in [0, 0.1) is 12.8 Å². The van der Waals surface area contributed by atoms with Crippen molar-refractivity contribution < 1.29 is 4.79 Å². The second-order valence-electron chi connectivity index (χ2n) is 8.16. The number of primary amides is 1. The van der Waals surface area contributed by atoms with Crippen LogP contribution in [0.3, 0.4) is 0 Å². The fraction of sp³-hybridized carbons (Fsp3) is 0.542. The lowest BCUT2D eigenvalue weighted by Crippen LogP contribution is -2.17. The molecule has 3 heteroatoms. The van der Waals surface area contributed by atoms with Crippen LogP contribution in [-0.4, -0.2) is 10.5 Å². The molecule has 0 radical (unpaired) electrons. The van der Waals surface area contributed by atoms with Crippen LogP contribution in [0.2, 0.25) is 0 Å². The molecule has 2 N–H and O–H groups in total. The SMILES string of the molecule is CCCCCc1ccc(-c2cc(C(N)=O)c(C)n2CC2CCCCC2)cc1. The van der Waals surface area contributed by atoms with E-state index in [2.05, 4.69) is 35.8 Å². The first-order valence-corrected chi connectivity index (χ1v) is 10.7. The maximum absolute atomic E-state index is 11.9. The Morgan fingerprint density at radius 1 is 1.11 bits per heavy atom. The number of amides is 1. The van der Waals surface area contributed by atoms with E-state index < -0.39 is 0 Å². The maximum Gasteiger partial charge on any atom is 0.250 e. The number of aryl methyl sites for hydroxylation is 1. The van der Waals surface area contributed by atoms with Crippen LogP contribution in [0.15, 0.2) is 30.3 Å². The highest BCUT2D eigenvalue weighted by Crippen LogP contribution is 2.31. The molecule has 2 aromatic rings. The Kier molecular flexibility index (Phi) is 6.76. The van der Waals surface area contributed by atoms with Crippen LogP contribution in [0.1, 0.15) is 79.9 Å². The van der Waals surface area contributed by atoms with Gasteiger partial charge in [-0.15, -0.1) is 0 Å². The molecule has 0 spiro atoms. The number of hydrogen-bond donors (Lipinski definition) is 1. The molecule has 0 unspecified atom stereocenters. The lowest BCUT2D eigenvalue weighted by molar-refractivity contribution is 0.0999. The normalized spacial score (nSPS) is 15.2. The average molecular weight is 367 g/mol. The zero-order valence-electron chi connectivity index (χ0n) is 17.0. The molecular formula is C24H34N2O. The zero-order valence-corrected chi connectivity index (χ0v) is 17.0. The van der Waals surface area contributed by atoms with E-state index in [9.17, 15) is 4.79 Å². The second-order valence-corrected chi connectivity index (χ2v) is 8.16. The van der Waals surface area contributed by atoms with Crippen molar-refractivity contribution in [3.05, 3.63) is 47.2 Å². The van der Waals surface area contributed by atoms with Gasteiger partial charge in [-0.1, -0.05) is 63.3 Å². The van der Waals surface area contributed by atoms with E-state index in [0.29, 0.717) is 11.5 Å². The quantitative estimate of drug-likeness (QED) is 0.583. The predicted octanol–water partition coefficient (Wildman–Crippen LogP) is 5.88. The minimum atomic E-state index is -0.327. The molecule has 3 nitrogen and oxygen atoms in total. The van der Waals surface area contributed by atoms with Gasteiger partial charge in [-0.2, -0.15) is 0 Å². The van der Waals surface area contributed by atoms with Crippen molar-refractivity contribution in [3.63, 3.8) is 0 Å². The van der Waals surface area contributed by atoms with Gasteiger partial charge in [-0.3, -0.25) is 4.79 Å². The first-order chi connectivity index (χ1) is 13.1. The summed E-state index contributed by atoms with van der Waals surface area (Å²) in [6, 6.07) is 10.9. The van der Waals surface area contributed by atoms with E-state index >= 15 is 0 Å². The molecule has 1 fully saturated rings. The van der Waals surface area contributed by atoms with Crippen LogP contribution in [0.5, 0.6) is 0 Å². The van der Waals surface area contributed by atoms with Gasteiger partial charge in [0, 0.05) is 17.9 Å². The van der Waals surface area contributed by atoms with E-state index in [-0.39, 0.29) is 5.91 Å². The van der Waals surface area contributed by atoms with Gasteiger partial charge in [-0.05, 0) is 55.7 Å². The summed E-state index contributed by atoms with van der Waals surface area (Å²) in [4.78, 5) is 11.9. The number of nitrogens with zero attached hydrogens (tertiary/aromatic N) is 1. The van der Waals surface area contributed by atoms with Gasteiger partial charge >= 0.3 is 0 Å². The number of carbonyl (C=O) groups excluding carboxylic acids is 1. The van der Waals surface area contributed by atoms with Crippen molar-refractivity contribution in [2.45, 2.75) is 78.2 Å². The van der Waals surface area contributed by atoms with Gasteiger partial charge in [0.2, 0.25) is 0 Å². The van der Waals surface area contributed by atoms with Crippen LogP contribution >= 0.6 is 0 Å². The molecule has 0 bridgehead atoms. The van der Waals surface area contributed by atoms with Crippen molar-refractivity contribution in [2.24, 2.45) is 11.7 Å². The Morgan fingerprint density at radius 2 is 1.81 bits per heavy atom. The maximum atomic E-state index is 11.9. The van der Waals surface area contributed by atoms with Gasteiger partial charge in [0.15, 0.2) is 0 Å². The molecule has 1 amide bonds. The fourth-order valence-corrected chi connectivity index (χ4v) is 4.42. The Bertz CT molecular complexity index is 751. The lowest BCUT2D eigenvalue weighted by Gasteiger charge is -2.24. The van der Waals surface area contributed by atoms with Crippen LogP contribution < -0.4 is 5.73 Å². The number of unbranched alkanes of at least 4 members (excludes halogenated alkanes) is 2. The van der Waals surface area contributed by atoms with E-state index in [1.54, 1.807) is 0 Å². The number of carbonyl (C=O) groups is 1.